The normalized spacial score (nSPS) is 25.4. The second-order valence-electron chi connectivity index (χ2n) is 8.29. The molecule has 8 heteroatoms. The Morgan fingerprint density at radius 1 is 1.27 bits per heavy atom. The molecule has 3 heterocycles. The van der Waals surface area contributed by atoms with Crippen LogP contribution in [-0.2, 0) is 21.9 Å². The Hall–Kier alpha value is -1.41. The standard InChI is InChI=1S/C18H30N4O3S/c1-15(2)6-10-21-13-18(8-5-17(21)23)7-4-9-22(14-18)26(24,25)16-11-19-20(3)12-16/h11-12,15H,4-10,13-14H2,1-3H3/t18-/m0/s1. The minimum Gasteiger partial charge on any atom is -0.342 e. The van der Waals surface area contributed by atoms with E-state index in [1.165, 1.54) is 10.9 Å². The number of hydrogen-bond donors (Lipinski definition) is 0. The van der Waals surface area contributed by atoms with Crippen LogP contribution in [0, 0.1) is 11.3 Å². The third-order valence-corrected chi connectivity index (χ3v) is 7.47. The molecule has 3 rings (SSSR count). The number of rotatable bonds is 5. The van der Waals surface area contributed by atoms with Crippen molar-refractivity contribution < 1.29 is 13.2 Å². The van der Waals surface area contributed by atoms with Crippen LogP contribution in [0.1, 0.15) is 46.0 Å². The van der Waals surface area contributed by atoms with E-state index in [-0.39, 0.29) is 16.2 Å². The Bertz CT molecular complexity index is 758. The first-order valence-corrected chi connectivity index (χ1v) is 10.9. The average molecular weight is 383 g/mol. The largest absolute Gasteiger partial charge is 0.342 e. The highest BCUT2D eigenvalue weighted by atomic mass is 32.2. The van der Waals surface area contributed by atoms with Crippen molar-refractivity contribution >= 4 is 15.9 Å². The highest BCUT2D eigenvalue weighted by Gasteiger charge is 2.44. The molecule has 146 valence electrons. The number of carbonyl (C=O) groups excluding carboxylic acids is 1. The van der Waals surface area contributed by atoms with Gasteiger partial charge in [-0.2, -0.15) is 9.40 Å². The van der Waals surface area contributed by atoms with Crippen molar-refractivity contribution in [3.05, 3.63) is 12.4 Å². The zero-order chi connectivity index (χ0) is 18.9. The van der Waals surface area contributed by atoms with Crippen LogP contribution in [0.4, 0.5) is 0 Å². The number of sulfonamides is 1. The van der Waals surface area contributed by atoms with Gasteiger partial charge < -0.3 is 4.90 Å². The molecule has 0 aromatic carbocycles. The lowest BCUT2D eigenvalue weighted by Gasteiger charge is -2.47. The maximum absolute atomic E-state index is 13.0. The van der Waals surface area contributed by atoms with Crippen molar-refractivity contribution in [2.24, 2.45) is 18.4 Å². The zero-order valence-corrected chi connectivity index (χ0v) is 16.8. The van der Waals surface area contributed by atoms with Crippen LogP contribution >= 0.6 is 0 Å². The minimum atomic E-state index is -3.53. The summed E-state index contributed by atoms with van der Waals surface area (Å²) in [6.07, 6.45) is 7.08. The molecule has 0 saturated carbocycles. The summed E-state index contributed by atoms with van der Waals surface area (Å²) >= 11 is 0. The van der Waals surface area contributed by atoms with Gasteiger partial charge in [0, 0.05) is 51.3 Å². The lowest BCUT2D eigenvalue weighted by molar-refractivity contribution is -0.138. The first kappa shape index (κ1) is 19.4. The highest BCUT2D eigenvalue weighted by molar-refractivity contribution is 7.89. The Morgan fingerprint density at radius 2 is 2.04 bits per heavy atom. The zero-order valence-electron chi connectivity index (χ0n) is 16.0. The number of likely N-dealkylation sites (tertiary alicyclic amines) is 1. The monoisotopic (exact) mass is 382 g/mol. The summed E-state index contributed by atoms with van der Waals surface area (Å²) in [4.78, 5) is 14.5. The van der Waals surface area contributed by atoms with E-state index in [4.69, 9.17) is 0 Å². The van der Waals surface area contributed by atoms with E-state index >= 15 is 0 Å². The van der Waals surface area contributed by atoms with Crippen LogP contribution in [0.15, 0.2) is 17.3 Å². The van der Waals surface area contributed by atoms with Gasteiger partial charge in [-0.3, -0.25) is 9.48 Å². The van der Waals surface area contributed by atoms with E-state index < -0.39 is 10.0 Å². The molecule has 2 saturated heterocycles. The van der Waals surface area contributed by atoms with Crippen molar-refractivity contribution in [2.45, 2.75) is 50.8 Å². The van der Waals surface area contributed by atoms with Gasteiger partial charge in [0.25, 0.3) is 0 Å². The van der Waals surface area contributed by atoms with Crippen LogP contribution < -0.4 is 0 Å². The summed E-state index contributed by atoms with van der Waals surface area (Å²) in [6.45, 7) is 6.81. The van der Waals surface area contributed by atoms with Gasteiger partial charge >= 0.3 is 0 Å². The van der Waals surface area contributed by atoms with E-state index in [0.717, 1.165) is 32.2 Å². The first-order valence-electron chi connectivity index (χ1n) is 9.48. The van der Waals surface area contributed by atoms with Gasteiger partial charge in [-0.1, -0.05) is 13.8 Å². The molecule has 1 aromatic heterocycles. The van der Waals surface area contributed by atoms with Crippen molar-refractivity contribution in [3.63, 3.8) is 0 Å². The van der Waals surface area contributed by atoms with Gasteiger partial charge in [-0.05, 0) is 31.6 Å². The molecule has 0 N–H and O–H groups in total. The molecular weight excluding hydrogens is 352 g/mol. The summed E-state index contributed by atoms with van der Waals surface area (Å²) in [7, 11) is -1.81. The van der Waals surface area contributed by atoms with Gasteiger partial charge in [-0.15, -0.1) is 0 Å². The molecule has 1 amide bonds. The van der Waals surface area contributed by atoms with Crippen molar-refractivity contribution in [1.29, 1.82) is 0 Å². The number of nitrogens with zero attached hydrogens (tertiary/aromatic N) is 4. The number of carbonyl (C=O) groups is 1. The van der Waals surface area contributed by atoms with Crippen LogP contribution in [0.2, 0.25) is 0 Å². The molecule has 2 aliphatic rings. The second kappa shape index (κ2) is 7.31. The topological polar surface area (TPSA) is 75.5 Å². The average Bonchev–Trinajstić information content (AvgIpc) is 3.03. The number of piperidine rings is 2. The van der Waals surface area contributed by atoms with Crippen molar-refractivity contribution in [3.8, 4) is 0 Å². The lowest BCUT2D eigenvalue weighted by Crippen LogP contribution is -2.55. The number of hydrogen-bond acceptors (Lipinski definition) is 4. The van der Waals surface area contributed by atoms with E-state index in [0.29, 0.717) is 32.0 Å². The lowest BCUT2D eigenvalue weighted by atomic mass is 9.74. The SMILES string of the molecule is CC(C)CCN1C[C@]2(CCCN(S(=O)(=O)c3cnn(C)c3)C2)CCC1=O. The highest BCUT2D eigenvalue weighted by Crippen LogP contribution is 2.40. The van der Waals surface area contributed by atoms with Gasteiger partial charge in [0.15, 0.2) is 0 Å². The summed E-state index contributed by atoms with van der Waals surface area (Å²) in [5, 5.41) is 4.00. The fraction of sp³-hybridized carbons (Fsp3) is 0.778. The molecule has 1 spiro atoms. The van der Waals surface area contributed by atoms with Gasteiger partial charge in [0.1, 0.15) is 4.90 Å². The van der Waals surface area contributed by atoms with Crippen molar-refractivity contribution in [2.75, 3.05) is 26.2 Å². The maximum atomic E-state index is 13.0. The smallest absolute Gasteiger partial charge is 0.246 e. The number of amides is 1. The molecule has 0 bridgehead atoms. The van der Waals surface area contributed by atoms with E-state index in [2.05, 4.69) is 18.9 Å². The van der Waals surface area contributed by atoms with Crippen molar-refractivity contribution in [1.82, 2.24) is 19.0 Å². The predicted octanol–water partition coefficient (Wildman–Crippen LogP) is 1.86. The summed E-state index contributed by atoms with van der Waals surface area (Å²) in [6, 6.07) is 0. The summed E-state index contributed by atoms with van der Waals surface area (Å²) < 4.78 is 29.1. The van der Waals surface area contributed by atoms with Gasteiger partial charge in [0.05, 0.1) is 6.20 Å². The Labute approximate surface area is 156 Å². The molecule has 7 nitrogen and oxygen atoms in total. The summed E-state index contributed by atoms with van der Waals surface area (Å²) in [5.41, 5.74) is -0.113. The van der Waals surface area contributed by atoms with Gasteiger partial charge in [0.2, 0.25) is 15.9 Å². The maximum Gasteiger partial charge on any atom is 0.246 e. The van der Waals surface area contributed by atoms with Crippen LogP contribution in [0.25, 0.3) is 0 Å². The number of aromatic nitrogens is 2. The third-order valence-electron chi connectivity index (χ3n) is 5.67. The molecule has 2 aliphatic heterocycles. The fourth-order valence-electron chi connectivity index (χ4n) is 4.10. The molecule has 0 unspecified atom stereocenters. The molecule has 0 radical (unpaired) electrons. The quantitative estimate of drug-likeness (QED) is 0.779. The predicted molar refractivity (Wildman–Crippen MR) is 98.9 cm³/mol. The van der Waals surface area contributed by atoms with Crippen LogP contribution in [0.5, 0.6) is 0 Å². The summed E-state index contributed by atoms with van der Waals surface area (Å²) in [5.74, 6) is 0.762. The molecule has 1 aromatic rings. The molecule has 1 atom stereocenters. The Kier molecular flexibility index (Phi) is 5.44. The van der Waals surface area contributed by atoms with E-state index in [1.807, 2.05) is 4.90 Å². The fourth-order valence-corrected chi connectivity index (χ4v) is 5.68. The molecule has 2 fully saturated rings. The second-order valence-corrected chi connectivity index (χ2v) is 10.2. The first-order chi connectivity index (χ1) is 12.2. The number of aryl methyl sites for hydroxylation is 1. The van der Waals surface area contributed by atoms with Crippen LogP contribution in [-0.4, -0.2) is 59.5 Å². The Balaban J connectivity index is 1.75. The van der Waals surface area contributed by atoms with Crippen LogP contribution in [0.3, 0.4) is 0 Å². The van der Waals surface area contributed by atoms with E-state index in [9.17, 15) is 13.2 Å². The molecule has 0 aliphatic carbocycles. The minimum absolute atomic E-state index is 0.113. The third kappa shape index (κ3) is 3.96. The molecular formula is C18H30N4O3S. The van der Waals surface area contributed by atoms with E-state index in [1.54, 1.807) is 17.5 Å². The molecule has 26 heavy (non-hydrogen) atoms. The van der Waals surface area contributed by atoms with Gasteiger partial charge in [-0.25, -0.2) is 8.42 Å². The Morgan fingerprint density at radius 3 is 2.69 bits per heavy atom.